The minimum Gasteiger partial charge on any atom is -0.475 e. The van der Waals surface area contributed by atoms with Gasteiger partial charge >= 0.3 is 24.3 Å². The topological polar surface area (TPSA) is 116 Å². The van der Waals surface area contributed by atoms with Crippen LogP contribution in [0.15, 0.2) is 12.4 Å². The Bertz CT molecular complexity index is 767. The zero-order valence-corrected chi connectivity index (χ0v) is 18.4. The maximum Gasteiger partial charge on any atom is 0.490 e. The molecule has 2 saturated heterocycles. The number of likely N-dealkylation sites (tertiary alicyclic amines) is 1. The molecule has 2 aliphatic heterocycles. The summed E-state index contributed by atoms with van der Waals surface area (Å²) >= 11 is 0. The number of nitrogens with zero attached hydrogens (tertiary/aromatic N) is 4. The highest BCUT2D eigenvalue weighted by molar-refractivity contribution is 5.73. The molecular formula is C19H26F6N4O5. The number of carboxylic acid groups (broad SMARTS) is 2. The molecule has 0 spiro atoms. The third-order valence-electron chi connectivity index (χ3n) is 4.91. The summed E-state index contributed by atoms with van der Waals surface area (Å²) in [6.45, 7) is 7.02. The normalized spacial score (nSPS) is 21.1. The number of anilines is 1. The molecule has 3 rings (SSSR count). The van der Waals surface area contributed by atoms with Crippen LogP contribution in [0.5, 0.6) is 0 Å². The molecule has 2 aliphatic rings. The highest BCUT2D eigenvalue weighted by Crippen LogP contribution is 2.25. The molecule has 2 fully saturated rings. The highest BCUT2D eigenvalue weighted by atomic mass is 19.4. The first-order valence-corrected chi connectivity index (χ1v) is 10.1. The summed E-state index contributed by atoms with van der Waals surface area (Å²) in [7, 11) is 2.18. The number of hydrogen-bond donors (Lipinski definition) is 2. The van der Waals surface area contributed by atoms with Gasteiger partial charge in [-0.1, -0.05) is 6.92 Å². The molecule has 2 N–H and O–H groups in total. The Hall–Kier alpha value is -2.68. The van der Waals surface area contributed by atoms with Crippen LogP contribution >= 0.6 is 0 Å². The lowest BCUT2D eigenvalue weighted by Crippen LogP contribution is -2.45. The van der Waals surface area contributed by atoms with Crippen LogP contribution in [0.3, 0.4) is 0 Å². The second-order valence-electron chi connectivity index (χ2n) is 7.52. The third kappa shape index (κ3) is 10.1. The van der Waals surface area contributed by atoms with E-state index < -0.39 is 24.3 Å². The molecular weight excluding hydrogens is 478 g/mol. The lowest BCUT2D eigenvalue weighted by Gasteiger charge is -2.36. The van der Waals surface area contributed by atoms with Crippen molar-refractivity contribution < 1.29 is 50.9 Å². The number of likely N-dealkylation sites (N-methyl/N-ethyl adjacent to an activating group) is 1. The average molecular weight is 504 g/mol. The minimum atomic E-state index is -5.08. The van der Waals surface area contributed by atoms with Crippen LogP contribution < -0.4 is 4.90 Å². The SMILES string of the molecule is CCc1cnc(N2CCO[C@@H]3CN(C)CC[C@@H]3C2)nc1.O=C(O)C(F)(F)F.O=C(O)C(F)(F)F. The average Bonchev–Trinajstić information content (AvgIpc) is 2.95. The van der Waals surface area contributed by atoms with Crippen molar-refractivity contribution in [3.05, 3.63) is 18.0 Å². The van der Waals surface area contributed by atoms with Crippen molar-refractivity contribution in [2.45, 2.75) is 38.2 Å². The summed E-state index contributed by atoms with van der Waals surface area (Å²) in [5, 5.41) is 14.2. The second kappa shape index (κ2) is 12.7. The van der Waals surface area contributed by atoms with Gasteiger partial charge in [-0.05, 0) is 32.0 Å². The summed E-state index contributed by atoms with van der Waals surface area (Å²) in [6, 6.07) is 0. The molecule has 9 nitrogen and oxygen atoms in total. The quantitative estimate of drug-likeness (QED) is 0.586. The van der Waals surface area contributed by atoms with Gasteiger partial charge in [-0.2, -0.15) is 26.3 Å². The lowest BCUT2D eigenvalue weighted by molar-refractivity contribution is -0.193. The van der Waals surface area contributed by atoms with Crippen LogP contribution in [-0.4, -0.2) is 95.3 Å². The molecule has 0 unspecified atom stereocenters. The monoisotopic (exact) mass is 504 g/mol. The van der Waals surface area contributed by atoms with E-state index in [-0.39, 0.29) is 0 Å². The van der Waals surface area contributed by atoms with E-state index in [0.29, 0.717) is 12.0 Å². The van der Waals surface area contributed by atoms with Crippen molar-refractivity contribution in [2.24, 2.45) is 5.92 Å². The number of aliphatic carboxylic acids is 2. The molecule has 0 aliphatic carbocycles. The molecule has 0 saturated carbocycles. The van der Waals surface area contributed by atoms with E-state index in [1.54, 1.807) is 0 Å². The standard InChI is InChI=1S/C15H24N4O.2C2HF3O2/c1-3-12-8-16-15(17-9-12)19-6-7-20-14-11-18(2)5-4-13(14)10-19;2*3-2(4,5)1(6)7/h8-9,13-14H,3-7,10-11H2,1-2H3;2*(H,6,7)/t13-,14-;;/m1../s1. The van der Waals surface area contributed by atoms with Gasteiger partial charge in [0.1, 0.15) is 0 Å². The van der Waals surface area contributed by atoms with Gasteiger partial charge in [0.15, 0.2) is 0 Å². The van der Waals surface area contributed by atoms with E-state index in [2.05, 4.69) is 33.7 Å². The number of carboxylic acids is 2. The summed E-state index contributed by atoms with van der Waals surface area (Å²) in [6.07, 6.45) is -3.72. The largest absolute Gasteiger partial charge is 0.490 e. The maximum absolute atomic E-state index is 10.6. The van der Waals surface area contributed by atoms with Crippen molar-refractivity contribution >= 4 is 17.9 Å². The van der Waals surface area contributed by atoms with E-state index in [0.717, 1.165) is 45.2 Å². The Morgan fingerprint density at radius 1 is 1.03 bits per heavy atom. The van der Waals surface area contributed by atoms with E-state index in [4.69, 9.17) is 24.5 Å². The fourth-order valence-electron chi connectivity index (χ4n) is 3.08. The molecule has 2 atom stereocenters. The Morgan fingerprint density at radius 3 is 1.97 bits per heavy atom. The van der Waals surface area contributed by atoms with Crippen LogP contribution in [0, 0.1) is 5.92 Å². The Labute approximate surface area is 191 Å². The van der Waals surface area contributed by atoms with Gasteiger partial charge in [0, 0.05) is 37.9 Å². The van der Waals surface area contributed by atoms with Crippen molar-refractivity contribution in [3.63, 3.8) is 0 Å². The van der Waals surface area contributed by atoms with Crippen LogP contribution in [-0.2, 0) is 20.7 Å². The van der Waals surface area contributed by atoms with Gasteiger partial charge in [-0.3, -0.25) is 0 Å². The number of hydrogen-bond acceptors (Lipinski definition) is 7. The molecule has 0 bridgehead atoms. The molecule has 1 aromatic heterocycles. The zero-order chi connectivity index (χ0) is 26.1. The van der Waals surface area contributed by atoms with Gasteiger partial charge in [0.05, 0.1) is 12.7 Å². The molecule has 34 heavy (non-hydrogen) atoms. The molecule has 15 heteroatoms. The van der Waals surface area contributed by atoms with E-state index in [1.807, 2.05) is 12.4 Å². The molecule has 0 aromatic carbocycles. The lowest BCUT2D eigenvalue weighted by atomic mass is 9.94. The first kappa shape index (κ1) is 29.4. The number of ether oxygens (including phenoxy) is 1. The number of rotatable bonds is 2. The summed E-state index contributed by atoms with van der Waals surface area (Å²) in [5.41, 5.74) is 1.19. The minimum absolute atomic E-state index is 0.369. The van der Waals surface area contributed by atoms with E-state index in [1.165, 1.54) is 12.0 Å². The molecule has 0 amide bonds. The van der Waals surface area contributed by atoms with Crippen molar-refractivity contribution in [1.82, 2.24) is 14.9 Å². The highest BCUT2D eigenvalue weighted by Gasteiger charge is 2.39. The van der Waals surface area contributed by atoms with Crippen LogP contribution in [0.2, 0.25) is 0 Å². The summed E-state index contributed by atoms with van der Waals surface area (Å²) in [4.78, 5) is 31.5. The molecule has 194 valence electrons. The van der Waals surface area contributed by atoms with Crippen LogP contribution in [0.25, 0.3) is 0 Å². The van der Waals surface area contributed by atoms with Gasteiger partial charge in [0.2, 0.25) is 5.95 Å². The van der Waals surface area contributed by atoms with Gasteiger partial charge in [0.25, 0.3) is 0 Å². The van der Waals surface area contributed by atoms with Gasteiger partial charge in [-0.25, -0.2) is 19.6 Å². The van der Waals surface area contributed by atoms with Gasteiger partial charge < -0.3 is 24.7 Å². The van der Waals surface area contributed by atoms with E-state index in [9.17, 15) is 26.3 Å². The predicted molar refractivity (Wildman–Crippen MR) is 106 cm³/mol. The smallest absolute Gasteiger partial charge is 0.475 e. The number of aromatic nitrogens is 2. The number of aryl methyl sites for hydroxylation is 1. The fraction of sp³-hybridized carbons (Fsp3) is 0.684. The van der Waals surface area contributed by atoms with Gasteiger partial charge in [-0.15, -0.1) is 0 Å². The Balaban J connectivity index is 0.000000343. The van der Waals surface area contributed by atoms with Crippen LogP contribution in [0.1, 0.15) is 18.9 Å². The number of halogens is 6. The number of alkyl halides is 6. The third-order valence-corrected chi connectivity index (χ3v) is 4.91. The maximum atomic E-state index is 10.6. The molecule has 3 heterocycles. The number of fused-ring (bicyclic) bond motifs is 1. The number of carbonyl (C=O) groups is 2. The molecule has 0 radical (unpaired) electrons. The first-order chi connectivity index (χ1) is 15.6. The summed E-state index contributed by atoms with van der Waals surface area (Å²) < 4.78 is 69.5. The van der Waals surface area contributed by atoms with E-state index >= 15 is 0 Å². The van der Waals surface area contributed by atoms with Crippen molar-refractivity contribution in [1.29, 1.82) is 0 Å². The van der Waals surface area contributed by atoms with Crippen molar-refractivity contribution in [2.75, 3.05) is 44.7 Å². The van der Waals surface area contributed by atoms with Crippen molar-refractivity contribution in [3.8, 4) is 0 Å². The number of piperidine rings is 1. The predicted octanol–water partition coefficient (Wildman–Crippen LogP) is 2.46. The summed E-state index contributed by atoms with van der Waals surface area (Å²) in [5.74, 6) is -4.06. The molecule has 1 aromatic rings. The zero-order valence-electron chi connectivity index (χ0n) is 18.4. The van der Waals surface area contributed by atoms with Crippen LogP contribution in [0.4, 0.5) is 32.3 Å². The Kier molecular flexibility index (Phi) is 11.0. The Morgan fingerprint density at radius 2 is 1.53 bits per heavy atom. The fourth-order valence-corrected chi connectivity index (χ4v) is 3.08. The second-order valence-corrected chi connectivity index (χ2v) is 7.52. The first-order valence-electron chi connectivity index (χ1n) is 10.1.